The fourth-order valence-corrected chi connectivity index (χ4v) is 4.26. The van der Waals surface area contributed by atoms with Crippen LogP contribution in [0, 0.1) is 0 Å². The molecular weight excluding hydrogens is 386 g/mol. The Morgan fingerprint density at radius 1 is 1.25 bits per heavy atom. The molecule has 1 heterocycles. The monoisotopic (exact) mass is 407 g/mol. The lowest BCUT2D eigenvalue weighted by Crippen LogP contribution is -2.34. The molecule has 0 saturated carbocycles. The van der Waals surface area contributed by atoms with Crippen LogP contribution in [0.2, 0.25) is 0 Å². The highest BCUT2D eigenvalue weighted by Gasteiger charge is 2.42. The first-order valence-corrected chi connectivity index (χ1v) is 9.74. The maximum Gasteiger partial charge on any atom is 0.327 e. The third kappa shape index (κ3) is 4.01. The molecule has 0 aliphatic rings. The number of rotatable bonds is 7. The normalized spacial score (nSPS) is 13.3. The summed E-state index contributed by atoms with van der Waals surface area (Å²) in [6, 6.07) is 11.9. The number of esters is 1. The number of hydrogen-bond donors (Lipinski definition) is 0. The summed E-state index contributed by atoms with van der Waals surface area (Å²) in [7, 11) is 0. The number of halogens is 1. The van der Waals surface area contributed by atoms with Crippen molar-refractivity contribution < 1.29 is 9.53 Å². The average molecular weight is 408 g/mol. The maximum atomic E-state index is 12.9. The summed E-state index contributed by atoms with van der Waals surface area (Å²) in [6.07, 6.45) is 3.26. The summed E-state index contributed by atoms with van der Waals surface area (Å²) in [5.74, 6) is -0.213. The molecular formula is C19H22BrNO2S. The molecule has 0 amide bonds. The van der Waals surface area contributed by atoms with Crippen molar-refractivity contribution in [1.82, 2.24) is 4.98 Å². The highest BCUT2D eigenvalue weighted by molar-refractivity contribution is 9.10. The van der Waals surface area contributed by atoms with E-state index in [1.807, 2.05) is 44.2 Å². The lowest BCUT2D eigenvalue weighted by molar-refractivity contribution is -0.146. The molecule has 3 nitrogen and oxygen atoms in total. The van der Waals surface area contributed by atoms with E-state index in [1.165, 1.54) is 11.8 Å². The smallest absolute Gasteiger partial charge is 0.327 e. The van der Waals surface area contributed by atoms with Crippen molar-refractivity contribution in [2.75, 3.05) is 6.61 Å². The predicted molar refractivity (Wildman–Crippen MR) is 102 cm³/mol. The molecule has 2 rings (SSSR count). The van der Waals surface area contributed by atoms with Crippen LogP contribution in [-0.4, -0.2) is 17.6 Å². The molecule has 1 unspecified atom stereocenters. The van der Waals surface area contributed by atoms with E-state index in [9.17, 15) is 4.79 Å². The second kappa shape index (κ2) is 8.67. The fraction of sp³-hybridized carbons (Fsp3) is 0.368. The van der Waals surface area contributed by atoms with Gasteiger partial charge in [-0.3, -0.25) is 4.79 Å². The van der Waals surface area contributed by atoms with Gasteiger partial charge in [0.15, 0.2) is 0 Å². The summed E-state index contributed by atoms with van der Waals surface area (Å²) >= 11 is 4.96. The van der Waals surface area contributed by atoms with E-state index < -0.39 is 4.75 Å². The number of carbonyl (C=O) groups excluding carboxylic acids is 1. The Morgan fingerprint density at radius 2 is 1.96 bits per heavy atom. The molecule has 0 aliphatic heterocycles. The molecule has 0 spiro atoms. The van der Waals surface area contributed by atoms with Gasteiger partial charge in [-0.1, -0.05) is 55.9 Å². The van der Waals surface area contributed by atoms with Gasteiger partial charge in [0, 0.05) is 10.7 Å². The molecule has 0 aliphatic carbocycles. The van der Waals surface area contributed by atoms with Gasteiger partial charge in [-0.25, -0.2) is 4.98 Å². The number of pyridine rings is 1. The van der Waals surface area contributed by atoms with Gasteiger partial charge in [0.05, 0.1) is 6.61 Å². The predicted octanol–water partition coefficient (Wildman–Crippen LogP) is 5.37. The van der Waals surface area contributed by atoms with Crippen LogP contribution < -0.4 is 0 Å². The Kier molecular flexibility index (Phi) is 6.87. The summed E-state index contributed by atoms with van der Waals surface area (Å²) in [5, 5.41) is 0.874. The lowest BCUT2D eigenvalue weighted by atomic mass is 9.95. The molecule has 1 aromatic carbocycles. The van der Waals surface area contributed by atoms with Crippen LogP contribution in [0.4, 0.5) is 0 Å². The quantitative estimate of drug-likeness (QED) is 0.456. The van der Waals surface area contributed by atoms with Crippen molar-refractivity contribution in [2.24, 2.45) is 0 Å². The molecule has 5 heteroatoms. The fourth-order valence-electron chi connectivity index (χ4n) is 2.57. The first-order valence-electron chi connectivity index (χ1n) is 8.13. The molecule has 0 radical (unpaired) electrons. The Bertz CT molecular complexity index is 693. The van der Waals surface area contributed by atoms with E-state index in [4.69, 9.17) is 4.74 Å². The minimum atomic E-state index is -0.790. The second-order valence-corrected chi connectivity index (χ2v) is 7.54. The van der Waals surface area contributed by atoms with Crippen LogP contribution in [0.3, 0.4) is 0 Å². The topological polar surface area (TPSA) is 39.2 Å². The van der Waals surface area contributed by atoms with E-state index in [0.29, 0.717) is 13.0 Å². The third-order valence-electron chi connectivity index (χ3n) is 3.89. The van der Waals surface area contributed by atoms with Crippen LogP contribution in [0.25, 0.3) is 0 Å². The third-order valence-corrected chi connectivity index (χ3v) is 5.92. The molecule has 128 valence electrons. The molecule has 1 atom stereocenters. The summed E-state index contributed by atoms with van der Waals surface area (Å²) in [6.45, 7) is 6.31. The standard InChI is InChI=1S/C19H22BrNO2S/c1-4-14-12-16(20)13-21-17(14)24-19(5-2,18(22)23-6-3)15-10-8-7-9-11-15/h7-13H,4-6H2,1-3H3. The Balaban J connectivity index is 2.52. The Labute approximate surface area is 156 Å². The van der Waals surface area contributed by atoms with Gasteiger partial charge in [0.25, 0.3) is 0 Å². The van der Waals surface area contributed by atoms with Crippen molar-refractivity contribution in [1.29, 1.82) is 0 Å². The Morgan fingerprint density at radius 3 is 2.54 bits per heavy atom. The van der Waals surface area contributed by atoms with Crippen molar-refractivity contribution in [2.45, 2.75) is 43.4 Å². The van der Waals surface area contributed by atoms with Gasteiger partial charge in [-0.05, 0) is 52.9 Å². The molecule has 0 N–H and O–H groups in total. The zero-order valence-electron chi connectivity index (χ0n) is 14.2. The number of hydrogen-bond acceptors (Lipinski definition) is 4. The largest absolute Gasteiger partial charge is 0.465 e. The molecule has 2 aromatic rings. The first-order chi connectivity index (χ1) is 11.6. The highest BCUT2D eigenvalue weighted by atomic mass is 79.9. The first kappa shape index (κ1) is 19.0. The van der Waals surface area contributed by atoms with Gasteiger partial charge in [0.1, 0.15) is 9.77 Å². The van der Waals surface area contributed by atoms with E-state index in [-0.39, 0.29) is 5.97 Å². The van der Waals surface area contributed by atoms with Gasteiger partial charge in [-0.2, -0.15) is 0 Å². The zero-order chi connectivity index (χ0) is 17.6. The number of aromatic nitrogens is 1. The van der Waals surface area contributed by atoms with Crippen molar-refractivity contribution in [3.8, 4) is 0 Å². The number of nitrogens with zero attached hydrogens (tertiary/aromatic N) is 1. The average Bonchev–Trinajstić information content (AvgIpc) is 2.61. The van der Waals surface area contributed by atoms with Crippen molar-refractivity contribution >= 4 is 33.7 Å². The van der Waals surface area contributed by atoms with Gasteiger partial charge < -0.3 is 4.74 Å². The van der Waals surface area contributed by atoms with Crippen LogP contribution >= 0.6 is 27.7 Å². The molecule has 0 fully saturated rings. The second-order valence-electron chi connectivity index (χ2n) is 5.34. The van der Waals surface area contributed by atoms with E-state index in [0.717, 1.165) is 27.0 Å². The maximum absolute atomic E-state index is 12.9. The number of thioether (sulfide) groups is 1. The van der Waals surface area contributed by atoms with Crippen molar-refractivity contribution in [3.05, 3.63) is 58.2 Å². The van der Waals surface area contributed by atoms with Crippen molar-refractivity contribution in [3.63, 3.8) is 0 Å². The van der Waals surface area contributed by atoms with Crippen LogP contribution in [0.1, 0.15) is 38.3 Å². The minimum absolute atomic E-state index is 0.213. The van der Waals surface area contributed by atoms with Gasteiger partial charge >= 0.3 is 5.97 Å². The SMILES string of the molecule is CCOC(=O)C(CC)(Sc1ncc(Br)cc1CC)c1ccccc1. The zero-order valence-corrected chi connectivity index (χ0v) is 16.6. The molecule has 0 bridgehead atoms. The Hall–Kier alpha value is -1.33. The number of carbonyl (C=O) groups is 1. The summed E-state index contributed by atoms with van der Waals surface area (Å²) in [4.78, 5) is 17.4. The summed E-state index contributed by atoms with van der Waals surface area (Å²) < 4.78 is 5.58. The van der Waals surface area contributed by atoms with Crippen LogP contribution in [0.15, 0.2) is 52.1 Å². The molecule has 0 saturated heterocycles. The van der Waals surface area contributed by atoms with Gasteiger partial charge in [-0.15, -0.1) is 0 Å². The molecule has 1 aromatic heterocycles. The number of ether oxygens (including phenoxy) is 1. The summed E-state index contributed by atoms with van der Waals surface area (Å²) in [5.41, 5.74) is 2.06. The number of benzene rings is 1. The van der Waals surface area contributed by atoms with E-state index >= 15 is 0 Å². The lowest BCUT2D eigenvalue weighted by Gasteiger charge is -2.30. The van der Waals surface area contributed by atoms with Crippen LogP contribution in [-0.2, 0) is 20.7 Å². The van der Waals surface area contributed by atoms with E-state index in [2.05, 4.69) is 33.9 Å². The minimum Gasteiger partial charge on any atom is -0.465 e. The number of aryl methyl sites for hydroxylation is 1. The van der Waals surface area contributed by atoms with Gasteiger partial charge in [0.2, 0.25) is 0 Å². The van der Waals surface area contributed by atoms with E-state index in [1.54, 1.807) is 6.20 Å². The van der Waals surface area contributed by atoms with Crippen LogP contribution in [0.5, 0.6) is 0 Å². The molecule has 24 heavy (non-hydrogen) atoms. The highest BCUT2D eigenvalue weighted by Crippen LogP contribution is 2.45.